The van der Waals surface area contributed by atoms with E-state index in [1.54, 1.807) is 12.4 Å². The van der Waals surface area contributed by atoms with Crippen molar-refractivity contribution in [1.82, 2.24) is 24.9 Å². The Labute approximate surface area is 134 Å². The van der Waals surface area contributed by atoms with Crippen molar-refractivity contribution in [3.8, 4) is 0 Å². The molecule has 7 heteroatoms. The fourth-order valence-corrected chi connectivity index (χ4v) is 1.86. The minimum absolute atomic E-state index is 0.173. The number of nitrogens with zero attached hydrogens (tertiary/aromatic N) is 5. The van der Waals surface area contributed by atoms with Crippen molar-refractivity contribution in [3.63, 3.8) is 0 Å². The molecule has 0 unspecified atom stereocenters. The molecule has 7 nitrogen and oxygen atoms in total. The normalized spacial score (nSPS) is 10.6. The van der Waals surface area contributed by atoms with E-state index < -0.39 is 0 Å². The monoisotopic (exact) mass is 307 g/mol. The lowest BCUT2D eigenvalue weighted by atomic mass is 10.2. The zero-order valence-corrected chi connectivity index (χ0v) is 12.9. The maximum Gasteiger partial charge on any atom is 0.233 e. The zero-order valence-electron chi connectivity index (χ0n) is 12.9. The molecule has 0 spiro atoms. The predicted octanol–water partition coefficient (Wildman–Crippen LogP) is 3.27. The highest BCUT2D eigenvalue weighted by molar-refractivity contribution is 5.52. The Morgan fingerprint density at radius 1 is 0.739 bits per heavy atom. The molecule has 0 saturated heterocycles. The van der Waals surface area contributed by atoms with Gasteiger partial charge < -0.3 is 10.6 Å². The Hall–Kier alpha value is -3.09. The SMILES string of the molecule is CC(C)c1nc(Nc2ccccn2)nc(Nc2ccccn2)n1. The average Bonchev–Trinajstić information content (AvgIpc) is 2.56. The molecule has 3 rings (SSSR count). The molecular weight excluding hydrogens is 290 g/mol. The average molecular weight is 307 g/mol. The topological polar surface area (TPSA) is 88.5 Å². The van der Waals surface area contributed by atoms with Crippen LogP contribution in [0.2, 0.25) is 0 Å². The third-order valence-corrected chi connectivity index (χ3v) is 2.98. The van der Waals surface area contributed by atoms with Crippen molar-refractivity contribution in [1.29, 1.82) is 0 Å². The lowest BCUT2D eigenvalue weighted by molar-refractivity contribution is 0.766. The van der Waals surface area contributed by atoms with Crippen LogP contribution in [0.3, 0.4) is 0 Å². The van der Waals surface area contributed by atoms with Gasteiger partial charge in [0.05, 0.1) is 0 Å². The van der Waals surface area contributed by atoms with Crippen LogP contribution in [0, 0.1) is 0 Å². The molecule has 0 fully saturated rings. The fourth-order valence-electron chi connectivity index (χ4n) is 1.86. The first-order valence-electron chi connectivity index (χ1n) is 7.33. The van der Waals surface area contributed by atoms with Gasteiger partial charge in [-0.2, -0.15) is 15.0 Å². The quantitative estimate of drug-likeness (QED) is 0.747. The minimum Gasteiger partial charge on any atom is -0.309 e. The van der Waals surface area contributed by atoms with Crippen LogP contribution >= 0.6 is 0 Å². The molecule has 3 aromatic heterocycles. The predicted molar refractivity (Wildman–Crippen MR) is 89.0 cm³/mol. The molecule has 3 heterocycles. The summed E-state index contributed by atoms with van der Waals surface area (Å²) in [5.74, 6) is 3.11. The zero-order chi connectivity index (χ0) is 16.1. The van der Waals surface area contributed by atoms with Crippen LogP contribution in [0.4, 0.5) is 23.5 Å². The molecule has 0 bridgehead atoms. The van der Waals surface area contributed by atoms with Crippen LogP contribution in [-0.4, -0.2) is 24.9 Å². The van der Waals surface area contributed by atoms with E-state index in [0.29, 0.717) is 29.4 Å². The van der Waals surface area contributed by atoms with E-state index in [1.165, 1.54) is 0 Å². The second kappa shape index (κ2) is 6.78. The van der Waals surface area contributed by atoms with Crippen LogP contribution in [0.25, 0.3) is 0 Å². The number of rotatable bonds is 5. The van der Waals surface area contributed by atoms with Gasteiger partial charge in [-0.3, -0.25) is 0 Å². The number of pyridine rings is 2. The first kappa shape index (κ1) is 14.8. The molecule has 3 aromatic rings. The highest BCUT2D eigenvalue weighted by Crippen LogP contribution is 2.18. The van der Waals surface area contributed by atoms with Gasteiger partial charge in [-0.1, -0.05) is 26.0 Å². The number of hydrogen-bond donors (Lipinski definition) is 2. The van der Waals surface area contributed by atoms with Gasteiger partial charge in [0.25, 0.3) is 0 Å². The fraction of sp³-hybridized carbons (Fsp3) is 0.188. The summed E-state index contributed by atoms with van der Waals surface area (Å²) in [6, 6.07) is 11.2. The lowest BCUT2D eigenvalue weighted by Gasteiger charge is -2.11. The standard InChI is InChI=1S/C16H17N7/c1-11(2)14-21-15(19-12-7-3-5-9-17-12)23-16(22-14)20-13-8-4-6-10-18-13/h3-11H,1-2H3,(H2,17,18,19,20,21,22,23). The molecule has 2 N–H and O–H groups in total. The summed E-state index contributed by atoms with van der Waals surface area (Å²) < 4.78 is 0. The van der Waals surface area contributed by atoms with E-state index in [4.69, 9.17) is 0 Å². The first-order valence-corrected chi connectivity index (χ1v) is 7.33. The molecule has 0 amide bonds. The smallest absolute Gasteiger partial charge is 0.233 e. The van der Waals surface area contributed by atoms with E-state index >= 15 is 0 Å². The summed E-state index contributed by atoms with van der Waals surface area (Å²) in [7, 11) is 0. The van der Waals surface area contributed by atoms with Crippen LogP contribution < -0.4 is 10.6 Å². The number of nitrogens with one attached hydrogen (secondary N) is 2. The summed E-state index contributed by atoms with van der Waals surface area (Å²) in [5.41, 5.74) is 0. The maximum atomic E-state index is 4.44. The Morgan fingerprint density at radius 2 is 1.26 bits per heavy atom. The molecule has 0 radical (unpaired) electrons. The van der Waals surface area contributed by atoms with E-state index in [1.807, 2.05) is 50.2 Å². The van der Waals surface area contributed by atoms with Crippen molar-refractivity contribution in [2.75, 3.05) is 10.6 Å². The highest BCUT2D eigenvalue weighted by Gasteiger charge is 2.10. The van der Waals surface area contributed by atoms with Crippen molar-refractivity contribution in [2.45, 2.75) is 19.8 Å². The maximum absolute atomic E-state index is 4.44. The largest absolute Gasteiger partial charge is 0.309 e. The summed E-state index contributed by atoms with van der Waals surface area (Å²) in [4.78, 5) is 21.7. The van der Waals surface area contributed by atoms with Crippen molar-refractivity contribution < 1.29 is 0 Å². The van der Waals surface area contributed by atoms with Gasteiger partial charge in [0, 0.05) is 18.3 Å². The number of aromatic nitrogens is 5. The molecule has 23 heavy (non-hydrogen) atoms. The Morgan fingerprint density at radius 3 is 1.65 bits per heavy atom. The van der Waals surface area contributed by atoms with E-state index in [9.17, 15) is 0 Å². The Bertz CT molecular complexity index is 700. The van der Waals surface area contributed by atoms with E-state index in [2.05, 4.69) is 35.6 Å². The summed E-state index contributed by atoms with van der Waals surface area (Å²) in [6.07, 6.45) is 3.42. The van der Waals surface area contributed by atoms with Gasteiger partial charge in [-0.25, -0.2) is 9.97 Å². The van der Waals surface area contributed by atoms with Gasteiger partial charge in [0.2, 0.25) is 11.9 Å². The molecule has 0 aromatic carbocycles. The Kier molecular flexibility index (Phi) is 4.37. The second-order valence-electron chi connectivity index (χ2n) is 5.18. The molecule has 0 atom stereocenters. The number of anilines is 4. The van der Waals surface area contributed by atoms with Crippen molar-refractivity contribution in [3.05, 3.63) is 54.6 Å². The minimum atomic E-state index is 0.173. The molecule has 116 valence electrons. The van der Waals surface area contributed by atoms with E-state index in [0.717, 1.165) is 0 Å². The van der Waals surface area contributed by atoms with Gasteiger partial charge in [0.1, 0.15) is 17.5 Å². The van der Waals surface area contributed by atoms with Crippen molar-refractivity contribution in [2.24, 2.45) is 0 Å². The summed E-state index contributed by atoms with van der Waals surface area (Å²) >= 11 is 0. The molecule has 0 aliphatic carbocycles. The number of hydrogen-bond acceptors (Lipinski definition) is 7. The Balaban J connectivity index is 1.90. The third-order valence-electron chi connectivity index (χ3n) is 2.98. The summed E-state index contributed by atoms with van der Waals surface area (Å²) in [6.45, 7) is 4.06. The molecule has 0 saturated carbocycles. The van der Waals surface area contributed by atoms with Crippen LogP contribution in [0.1, 0.15) is 25.6 Å². The molecular formula is C16H17N7. The lowest BCUT2D eigenvalue weighted by Crippen LogP contribution is -2.09. The summed E-state index contributed by atoms with van der Waals surface area (Å²) in [5, 5.41) is 6.18. The highest BCUT2D eigenvalue weighted by atomic mass is 15.2. The van der Waals surface area contributed by atoms with Gasteiger partial charge in [-0.15, -0.1) is 0 Å². The van der Waals surface area contributed by atoms with Crippen LogP contribution in [0.15, 0.2) is 48.8 Å². The molecule has 0 aliphatic rings. The first-order chi connectivity index (χ1) is 11.2. The van der Waals surface area contributed by atoms with Gasteiger partial charge in [0.15, 0.2) is 0 Å². The van der Waals surface area contributed by atoms with Crippen molar-refractivity contribution >= 4 is 23.5 Å². The van der Waals surface area contributed by atoms with Gasteiger partial charge >= 0.3 is 0 Å². The van der Waals surface area contributed by atoms with Crippen LogP contribution in [-0.2, 0) is 0 Å². The third kappa shape index (κ3) is 3.97. The van der Waals surface area contributed by atoms with Gasteiger partial charge in [-0.05, 0) is 24.3 Å². The molecule has 0 aliphatic heterocycles. The second-order valence-corrected chi connectivity index (χ2v) is 5.18. The van der Waals surface area contributed by atoms with Crippen LogP contribution in [0.5, 0.6) is 0 Å². The van der Waals surface area contributed by atoms with E-state index in [-0.39, 0.29) is 5.92 Å².